The van der Waals surface area contributed by atoms with E-state index in [0.717, 1.165) is 16.5 Å². The molecule has 6 nitrogen and oxygen atoms in total. The number of carbonyl (C=O) groups excluding carboxylic acids is 1. The van der Waals surface area contributed by atoms with Gasteiger partial charge in [-0.3, -0.25) is 0 Å². The number of aliphatic hydroxyl groups is 1. The summed E-state index contributed by atoms with van der Waals surface area (Å²) in [5, 5.41) is 16.9. The van der Waals surface area contributed by atoms with E-state index in [9.17, 15) is 14.3 Å². The van der Waals surface area contributed by atoms with Crippen LogP contribution in [0.15, 0.2) is 60.8 Å². The lowest BCUT2D eigenvalue weighted by Gasteiger charge is -2.38. The first-order valence-electron chi connectivity index (χ1n) is 12.6. The second-order valence-corrected chi connectivity index (χ2v) is 9.90. The van der Waals surface area contributed by atoms with Crippen LogP contribution in [0.2, 0.25) is 0 Å². The van der Waals surface area contributed by atoms with Crippen LogP contribution < -0.4 is 10.6 Å². The molecule has 8 heteroatoms. The van der Waals surface area contributed by atoms with Crippen molar-refractivity contribution >= 4 is 22.7 Å². The van der Waals surface area contributed by atoms with Crippen molar-refractivity contribution in [1.29, 1.82) is 0 Å². The number of hydrogen-bond acceptors (Lipinski definition) is 4. The van der Waals surface area contributed by atoms with E-state index >= 15 is 4.39 Å². The van der Waals surface area contributed by atoms with E-state index in [1.54, 1.807) is 19.1 Å². The summed E-state index contributed by atoms with van der Waals surface area (Å²) in [7, 11) is 0. The molecule has 1 aromatic heterocycles. The number of aromatic amines is 1. The molecule has 0 radical (unpaired) electrons. The van der Waals surface area contributed by atoms with Crippen molar-refractivity contribution in [2.75, 3.05) is 11.9 Å². The number of aliphatic hydroxyl groups excluding tert-OH is 1. The summed E-state index contributed by atoms with van der Waals surface area (Å²) in [4.78, 5) is 14.0. The van der Waals surface area contributed by atoms with Crippen molar-refractivity contribution in [1.82, 2.24) is 10.3 Å². The first-order valence-corrected chi connectivity index (χ1v) is 12.6. The highest BCUT2D eigenvalue weighted by molar-refractivity contribution is 5.96. The molecule has 0 fully saturated rings. The molecule has 38 heavy (non-hydrogen) atoms. The van der Waals surface area contributed by atoms with Crippen molar-refractivity contribution in [3.05, 3.63) is 89.1 Å². The van der Waals surface area contributed by atoms with Crippen LogP contribution >= 0.6 is 0 Å². The van der Waals surface area contributed by atoms with E-state index in [2.05, 4.69) is 15.6 Å². The quantitative estimate of drug-likeness (QED) is 0.248. The number of aromatic nitrogens is 1. The SMILES string of the molecule is CCOC(=O)NCc1ccccc1.Cc1c[nH]c2c(-c3c(F)cc4c(c3F)CC(O)C(C)(C)N4)cccc12. The molecule has 1 aliphatic heterocycles. The fraction of sp³-hybridized carbons (Fsp3) is 0.300. The van der Waals surface area contributed by atoms with Gasteiger partial charge in [-0.2, -0.15) is 0 Å². The van der Waals surface area contributed by atoms with Crippen LogP contribution in [-0.4, -0.2) is 34.4 Å². The minimum atomic E-state index is -0.753. The molecule has 2 heterocycles. The van der Waals surface area contributed by atoms with Gasteiger partial charge in [0, 0.05) is 41.4 Å². The minimum absolute atomic E-state index is 0.0556. The van der Waals surface area contributed by atoms with Crippen LogP contribution in [0.1, 0.15) is 37.5 Å². The van der Waals surface area contributed by atoms with E-state index < -0.39 is 23.3 Å². The Morgan fingerprint density at radius 2 is 1.89 bits per heavy atom. The zero-order chi connectivity index (χ0) is 27.4. The summed E-state index contributed by atoms with van der Waals surface area (Å²) in [6, 6.07) is 16.5. The molecular formula is C30H33F2N3O3. The van der Waals surface area contributed by atoms with Gasteiger partial charge >= 0.3 is 6.09 Å². The standard InChI is InChI=1S/C20H20F2N2O.C10H13NO2/c1-10-9-23-19-11(10)5-4-6-12(19)17-14(21)8-15-13(18(17)22)7-16(25)20(2,3)24-15;1-2-13-10(12)11-8-9-6-4-3-5-7-9/h4-6,8-9,16,23-25H,7H2,1-3H3;3-7H,2,8H2,1H3,(H,11,12). The lowest BCUT2D eigenvalue weighted by atomic mass is 9.84. The number of aryl methyl sites for hydroxylation is 1. The fourth-order valence-electron chi connectivity index (χ4n) is 4.55. The van der Waals surface area contributed by atoms with Crippen LogP contribution in [0.3, 0.4) is 0 Å². The highest BCUT2D eigenvalue weighted by Gasteiger charge is 2.36. The van der Waals surface area contributed by atoms with E-state index in [-0.39, 0.29) is 18.1 Å². The first kappa shape index (κ1) is 27.1. The summed E-state index contributed by atoms with van der Waals surface area (Å²) >= 11 is 0. The average Bonchev–Trinajstić information content (AvgIpc) is 3.27. The van der Waals surface area contributed by atoms with Gasteiger partial charge in [0.1, 0.15) is 11.6 Å². The summed E-state index contributed by atoms with van der Waals surface area (Å²) in [5.41, 5.74) is 3.33. The maximum atomic E-state index is 15.3. The molecule has 0 aliphatic carbocycles. The fourth-order valence-corrected chi connectivity index (χ4v) is 4.55. The number of ether oxygens (including phenoxy) is 1. The van der Waals surface area contributed by atoms with Gasteiger partial charge in [-0.15, -0.1) is 0 Å². The minimum Gasteiger partial charge on any atom is -0.450 e. The van der Waals surface area contributed by atoms with Crippen LogP contribution in [0.25, 0.3) is 22.0 Å². The molecule has 1 atom stereocenters. The molecule has 1 unspecified atom stereocenters. The van der Waals surface area contributed by atoms with Crippen LogP contribution in [0.5, 0.6) is 0 Å². The number of benzene rings is 3. The molecule has 0 saturated carbocycles. The lowest BCUT2D eigenvalue weighted by Crippen LogP contribution is -2.48. The maximum absolute atomic E-state index is 15.3. The molecular weight excluding hydrogens is 488 g/mol. The average molecular weight is 522 g/mol. The number of carbonyl (C=O) groups is 1. The Morgan fingerprint density at radius 3 is 2.61 bits per heavy atom. The number of fused-ring (bicyclic) bond motifs is 2. The number of H-pyrrole nitrogens is 1. The van der Waals surface area contributed by atoms with Gasteiger partial charge in [-0.1, -0.05) is 48.5 Å². The Morgan fingerprint density at radius 1 is 1.16 bits per heavy atom. The van der Waals surface area contributed by atoms with Gasteiger partial charge < -0.3 is 25.5 Å². The third-order valence-corrected chi connectivity index (χ3v) is 6.75. The number of nitrogens with one attached hydrogen (secondary N) is 3. The molecule has 0 saturated heterocycles. The van der Waals surface area contributed by atoms with E-state index in [1.807, 2.05) is 63.4 Å². The van der Waals surface area contributed by atoms with E-state index in [0.29, 0.717) is 35.5 Å². The molecule has 5 rings (SSSR count). The van der Waals surface area contributed by atoms with Crippen molar-refractivity contribution in [3.63, 3.8) is 0 Å². The molecule has 1 aliphatic rings. The number of anilines is 1. The summed E-state index contributed by atoms with van der Waals surface area (Å²) in [5.74, 6) is -1.23. The normalized spacial score (nSPS) is 15.6. The van der Waals surface area contributed by atoms with Crippen LogP contribution in [0.4, 0.5) is 19.3 Å². The number of amides is 1. The predicted octanol–water partition coefficient (Wildman–Crippen LogP) is 6.46. The lowest BCUT2D eigenvalue weighted by molar-refractivity contribution is 0.109. The van der Waals surface area contributed by atoms with Crippen molar-refractivity contribution in [2.24, 2.45) is 0 Å². The number of para-hydroxylation sites is 1. The van der Waals surface area contributed by atoms with Gasteiger partial charge in [0.15, 0.2) is 0 Å². The number of halogens is 2. The van der Waals surface area contributed by atoms with Crippen LogP contribution in [0, 0.1) is 18.6 Å². The Bertz CT molecular complexity index is 1430. The highest BCUT2D eigenvalue weighted by Crippen LogP contribution is 2.40. The van der Waals surface area contributed by atoms with E-state index in [1.165, 1.54) is 6.07 Å². The summed E-state index contributed by atoms with van der Waals surface area (Å²) in [6.45, 7) is 8.27. The van der Waals surface area contributed by atoms with Gasteiger partial charge in [0.2, 0.25) is 0 Å². The Balaban J connectivity index is 0.000000219. The molecule has 0 bridgehead atoms. The Kier molecular flexibility index (Phi) is 8.02. The van der Waals surface area contributed by atoms with Crippen LogP contribution in [-0.2, 0) is 17.7 Å². The van der Waals surface area contributed by atoms with Gasteiger partial charge in [-0.05, 0) is 44.9 Å². The van der Waals surface area contributed by atoms with Gasteiger partial charge in [0.25, 0.3) is 0 Å². The first-order chi connectivity index (χ1) is 18.1. The molecule has 4 aromatic rings. The molecule has 200 valence electrons. The Labute approximate surface area is 221 Å². The monoisotopic (exact) mass is 521 g/mol. The summed E-state index contributed by atoms with van der Waals surface area (Å²) in [6.07, 6.45) is 0.854. The smallest absolute Gasteiger partial charge is 0.407 e. The maximum Gasteiger partial charge on any atom is 0.407 e. The number of alkyl carbamates (subject to hydrolysis) is 1. The zero-order valence-corrected chi connectivity index (χ0v) is 22.0. The van der Waals surface area contributed by atoms with Crippen molar-refractivity contribution in [3.8, 4) is 11.1 Å². The molecule has 1 amide bonds. The third kappa shape index (κ3) is 5.65. The number of rotatable bonds is 4. The largest absolute Gasteiger partial charge is 0.450 e. The second kappa shape index (κ2) is 11.2. The molecule has 3 aromatic carbocycles. The second-order valence-electron chi connectivity index (χ2n) is 9.90. The zero-order valence-electron chi connectivity index (χ0n) is 22.0. The summed E-state index contributed by atoms with van der Waals surface area (Å²) < 4.78 is 34.8. The predicted molar refractivity (Wildman–Crippen MR) is 146 cm³/mol. The molecule has 4 N–H and O–H groups in total. The molecule has 0 spiro atoms. The highest BCUT2D eigenvalue weighted by atomic mass is 19.1. The van der Waals surface area contributed by atoms with Crippen molar-refractivity contribution in [2.45, 2.75) is 52.3 Å². The van der Waals surface area contributed by atoms with Crippen molar-refractivity contribution < 1.29 is 23.4 Å². The van der Waals surface area contributed by atoms with E-state index in [4.69, 9.17) is 4.74 Å². The third-order valence-electron chi connectivity index (χ3n) is 6.75. The Hall–Kier alpha value is -3.91. The van der Waals surface area contributed by atoms with Gasteiger partial charge in [0.05, 0.1) is 29.3 Å². The van der Waals surface area contributed by atoms with Gasteiger partial charge in [-0.25, -0.2) is 13.6 Å². The number of hydrogen-bond donors (Lipinski definition) is 4. The topological polar surface area (TPSA) is 86.4 Å².